The van der Waals surface area contributed by atoms with Gasteiger partial charge in [-0.05, 0) is 50.1 Å². The van der Waals surface area contributed by atoms with E-state index in [9.17, 15) is 14.4 Å². The minimum atomic E-state index is -1.06. The number of nitrogens with zero attached hydrogens (tertiary/aromatic N) is 4. The maximum Gasteiger partial charge on any atom is 0.323 e. The minimum absolute atomic E-state index is 0.00790. The second-order valence-corrected chi connectivity index (χ2v) is 13.4. The Bertz CT molecular complexity index is 1570. The number of furan rings is 1. The molecule has 2 N–H and O–H groups in total. The van der Waals surface area contributed by atoms with Crippen LogP contribution in [-0.4, -0.2) is 89.5 Å². The van der Waals surface area contributed by atoms with Crippen molar-refractivity contribution in [2.45, 2.75) is 59.0 Å². The van der Waals surface area contributed by atoms with Crippen LogP contribution in [0.5, 0.6) is 0 Å². The number of aromatic nitrogens is 1. The minimum Gasteiger partial charge on any atom is -0.453 e. The summed E-state index contributed by atoms with van der Waals surface area (Å²) in [7, 11) is 1.72. The monoisotopic (exact) mass is 616 g/mol. The van der Waals surface area contributed by atoms with Crippen LogP contribution in [-0.2, 0) is 21.5 Å². The Kier molecular flexibility index (Phi) is 9.04. The van der Waals surface area contributed by atoms with E-state index in [1.807, 2.05) is 58.2 Å². The van der Waals surface area contributed by atoms with E-state index >= 15 is 0 Å². The summed E-state index contributed by atoms with van der Waals surface area (Å²) in [6, 6.07) is 10.9. The first-order valence-electron chi connectivity index (χ1n) is 15.4. The van der Waals surface area contributed by atoms with Crippen LogP contribution in [0.4, 0.5) is 16.2 Å². The molecule has 1 aromatic carbocycles. The van der Waals surface area contributed by atoms with Crippen molar-refractivity contribution < 1.29 is 23.5 Å². The number of likely N-dealkylation sites (N-methyl/N-ethyl adjacent to an activating group) is 1. The van der Waals surface area contributed by atoms with Gasteiger partial charge in [0.2, 0.25) is 11.7 Å². The summed E-state index contributed by atoms with van der Waals surface area (Å²) in [4.78, 5) is 50.2. The molecule has 0 atom stereocenters. The number of hydrogen-bond acceptors (Lipinski definition) is 7. The van der Waals surface area contributed by atoms with Crippen molar-refractivity contribution in [3.63, 3.8) is 0 Å². The van der Waals surface area contributed by atoms with Gasteiger partial charge in [0.15, 0.2) is 0 Å². The summed E-state index contributed by atoms with van der Waals surface area (Å²) >= 11 is 0. The lowest BCUT2D eigenvalue weighted by molar-refractivity contribution is -0.144. The second-order valence-electron chi connectivity index (χ2n) is 13.4. The number of carbonyl (C=O) groups is 3. The highest BCUT2D eigenvalue weighted by molar-refractivity contribution is 6.07. The molecule has 2 aliphatic rings. The standard InChI is InChI=1S/C34H44N6O5/c1-22-8-10-24(18-25(22)26-11-9-23(20-35-26)21-39-14-16-44-17-15-39)36-32(43)37-27-19-28(33(2,3)4)45-29(27)30(41)40-13-12-38(7)31(42)34(40,5)6/h8-11,18-20H,12-17,21H2,1-7H3,(H2,36,37,43). The molecule has 11 nitrogen and oxygen atoms in total. The van der Waals surface area contributed by atoms with E-state index < -0.39 is 22.9 Å². The van der Waals surface area contributed by atoms with Gasteiger partial charge in [0.1, 0.15) is 11.3 Å². The molecule has 2 saturated heterocycles. The van der Waals surface area contributed by atoms with Crippen LogP contribution < -0.4 is 10.6 Å². The van der Waals surface area contributed by atoms with Crippen LogP contribution in [0.1, 0.15) is 62.1 Å². The zero-order chi connectivity index (χ0) is 32.5. The molecule has 2 aromatic heterocycles. The number of hydrogen-bond donors (Lipinski definition) is 2. The molecule has 0 saturated carbocycles. The van der Waals surface area contributed by atoms with Gasteiger partial charge in [0.05, 0.1) is 24.6 Å². The number of rotatable bonds is 6. The molecule has 5 rings (SSSR count). The number of ether oxygens (including phenoxy) is 1. The molecular weight excluding hydrogens is 572 g/mol. The quantitative estimate of drug-likeness (QED) is 0.395. The van der Waals surface area contributed by atoms with Gasteiger partial charge in [-0.25, -0.2) is 4.79 Å². The average molecular weight is 617 g/mol. The van der Waals surface area contributed by atoms with Crippen molar-refractivity contribution in [2.24, 2.45) is 0 Å². The number of piperazine rings is 1. The molecular formula is C34H44N6O5. The number of aryl methyl sites for hydroxylation is 1. The van der Waals surface area contributed by atoms with E-state index in [1.54, 1.807) is 31.9 Å². The van der Waals surface area contributed by atoms with Gasteiger partial charge < -0.3 is 29.6 Å². The predicted octanol–water partition coefficient (Wildman–Crippen LogP) is 5.12. The third-order valence-corrected chi connectivity index (χ3v) is 8.47. The van der Waals surface area contributed by atoms with Crippen LogP contribution in [0.3, 0.4) is 0 Å². The molecule has 0 spiro atoms. The van der Waals surface area contributed by atoms with Gasteiger partial charge in [-0.2, -0.15) is 0 Å². The Morgan fingerprint density at radius 1 is 1.00 bits per heavy atom. The van der Waals surface area contributed by atoms with Crippen molar-refractivity contribution >= 4 is 29.2 Å². The van der Waals surface area contributed by atoms with Crippen molar-refractivity contribution in [1.29, 1.82) is 0 Å². The van der Waals surface area contributed by atoms with E-state index in [1.165, 1.54) is 4.90 Å². The Hall–Kier alpha value is -4.22. The number of morpholine rings is 1. The lowest BCUT2D eigenvalue weighted by atomic mass is 9.93. The maximum atomic E-state index is 13.8. The summed E-state index contributed by atoms with van der Waals surface area (Å²) in [5.74, 6) is -0.0759. The normalized spacial score (nSPS) is 17.4. The van der Waals surface area contributed by atoms with Gasteiger partial charge in [-0.1, -0.05) is 32.9 Å². The number of urea groups is 1. The number of pyridine rings is 1. The molecule has 0 radical (unpaired) electrons. The molecule has 2 aliphatic heterocycles. The molecule has 240 valence electrons. The summed E-state index contributed by atoms with van der Waals surface area (Å²) in [5.41, 5.74) is 3.21. The van der Waals surface area contributed by atoms with Crippen LogP contribution >= 0.6 is 0 Å². The third-order valence-electron chi connectivity index (χ3n) is 8.47. The number of benzene rings is 1. The summed E-state index contributed by atoms with van der Waals surface area (Å²) in [6.07, 6.45) is 1.90. The van der Waals surface area contributed by atoms with E-state index in [-0.39, 0.29) is 17.4 Å². The van der Waals surface area contributed by atoms with Gasteiger partial charge >= 0.3 is 6.03 Å². The topological polar surface area (TPSA) is 120 Å². The Morgan fingerprint density at radius 2 is 1.73 bits per heavy atom. The van der Waals surface area contributed by atoms with Crippen LogP contribution in [0.2, 0.25) is 0 Å². The largest absolute Gasteiger partial charge is 0.453 e. The lowest BCUT2D eigenvalue weighted by Gasteiger charge is -2.44. The fraction of sp³-hybridized carbons (Fsp3) is 0.471. The first-order valence-corrected chi connectivity index (χ1v) is 15.4. The Labute approximate surface area is 264 Å². The van der Waals surface area contributed by atoms with E-state index in [0.29, 0.717) is 24.5 Å². The highest BCUT2D eigenvalue weighted by Crippen LogP contribution is 2.34. The summed E-state index contributed by atoms with van der Waals surface area (Å²) in [5, 5.41) is 5.72. The summed E-state index contributed by atoms with van der Waals surface area (Å²) in [6.45, 7) is 16.2. The molecule has 0 aliphatic carbocycles. The molecule has 4 heterocycles. The second kappa shape index (κ2) is 12.6. The zero-order valence-corrected chi connectivity index (χ0v) is 27.3. The van der Waals surface area contributed by atoms with Crippen LogP contribution in [0, 0.1) is 6.92 Å². The molecule has 0 unspecified atom stereocenters. The first-order chi connectivity index (χ1) is 21.2. The Morgan fingerprint density at radius 3 is 2.40 bits per heavy atom. The van der Waals surface area contributed by atoms with Gasteiger partial charge in [-0.15, -0.1) is 0 Å². The van der Waals surface area contributed by atoms with Gasteiger partial charge in [0.25, 0.3) is 5.91 Å². The fourth-order valence-corrected chi connectivity index (χ4v) is 5.66. The number of nitrogens with one attached hydrogen (secondary N) is 2. The van der Waals surface area contributed by atoms with Gasteiger partial charge in [-0.3, -0.25) is 19.5 Å². The van der Waals surface area contributed by atoms with Crippen LogP contribution in [0.25, 0.3) is 11.3 Å². The van der Waals surface area contributed by atoms with E-state index in [0.717, 1.165) is 55.2 Å². The van der Waals surface area contributed by atoms with Crippen molar-refractivity contribution in [3.05, 3.63) is 65.2 Å². The lowest BCUT2D eigenvalue weighted by Crippen LogP contribution is -2.63. The van der Waals surface area contributed by atoms with Crippen LogP contribution in [0.15, 0.2) is 47.0 Å². The smallest absolute Gasteiger partial charge is 0.323 e. The van der Waals surface area contributed by atoms with Crippen molar-refractivity contribution in [1.82, 2.24) is 19.7 Å². The first kappa shape index (κ1) is 32.2. The average Bonchev–Trinajstić information content (AvgIpc) is 3.42. The number of anilines is 2. The maximum absolute atomic E-state index is 13.8. The highest BCUT2D eigenvalue weighted by atomic mass is 16.5. The molecule has 3 aromatic rings. The third kappa shape index (κ3) is 7.04. The molecule has 4 amide bonds. The fourth-order valence-electron chi connectivity index (χ4n) is 5.66. The van der Waals surface area contributed by atoms with E-state index in [4.69, 9.17) is 14.1 Å². The Balaban J connectivity index is 1.33. The molecule has 0 bridgehead atoms. The van der Waals surface area contributed by atoms with Crippen molar-refractivity contribution in [3.8, 4) is 11.3 Å². The highest BCUT2D eigenvalue weighted by Gasteiger charge is 2.45. The zero-order valence-electron chi connectivity index (χ0n) is 27.3. The van der Waals surface area contributed by atoms with E-state index in [2.05, 4.69) is 21.6 Å². The summed E-state index contributed by atoms with van der Waals surface area (Å²) < 4.78 is 11.5. The van der Waals surface area contributed by atoms with Gasteiger partial charge in [0, 0.05) is 68.7 Å². The SMILES string of the molecule is Cc1ccc(NC(=O)Nc2cc(C(C)(C)C)oc2C(=O)N2CCN(C)C(=O)C2(C)C)cc1-c1ccc(CN2CCOCC2)cn1. The molecule has 11 heteroatoms. The predicted molar refractivity (Wildman–Crippen MR) is 173 cm³/mol. The number of carbonyl (C=O) groups excluding carboxylic acids is 3. The molecule has 2 fully saturated rings. The van der Waals surface area contributed by atoms with Crippen molar-refractivity contribution in [2.75, 3.05) is 57.1 Å². The number of amides is 4. The molecule has 45 heavy (non-hydrogen) atoms.